The summed E-state index contributed by atoms with van der Waals surface area (Å²) in [7, 11) is 1.67. The number of anilines is 2. The molecule has 0 aromatic carbocycles. The van der Waals surface area contributed by atoms with Crippen LogP contribution in [-0.4, -0.2) is 55.8 Å². The minimum absolute atomic E-state index is 0.00632. The lowest BCUT2D eigenvalue weighted by Gasteiger charge is -2.16. The van der Waals surface area contributed by atoms with Crippen molar-refractivity contribution in [2.24, 2.45) is 5.73 Å². The average Bonchev–Trinajstić information content (AvgIpc) is 2.92. The summed E-state index contributed by atoms with van der Waals surface area (Å²) >= 11 is 0. The molecule has 2 aromatic heterocycles. The van der Waals surface area contributed by atoms with Crippen molar-refractivity contribution in [3.63, 3.8) is 0 Å². The quantitative estimate of drug-likeness (QED) is 0.674. The largest absolute Gasteiger partial charge is 0.368 e. The van der Waals surface area contributed by atoms with Crippen LogP contribution in [-0.2, 0) is 4.79 Å². The van der Waals surface area contributed by atoms with E-state index in [0.29, 0.717) is 24.4 Å². The zero-order valence-corrected chi connectivity index (χ0v) is 11.2. The van der Waals surface area contributed by atoms with Crippen LogP contribution in [0.5, 0.6) is 0 Å². The van der Waals surface area contributed by atoms with Crippen molar-refractivity contribution >= 4 is 17.8 Å². The minimum Gasteiger partial charge on any atom is -0.368 e. The van der Waals surface area contributed by atoms with E-state index >= 15 is 0 Å². The fourth-order valence-electron chi connectivity index (χ4n) is 1.48. The highest BCUT2D eigenvalue weighted by Crippen LogP contribution is 2.11. The maximum atomic E-state index is 11.0. The van der Waals surface area contributed by atoms with Gasteiger partial charge in [-0.3, -0.25) is 4.79 Å². The standard InChI is InChI=1S/C10H15N9O/c1-3-13-8-15-9(18(2)4-7(11)20)17-10(16-8)19-6-12-5-14-19/h5-6H,3-4H2,1-2H3,(H2,11,20)(H,13,15,16,17). The van der Waals surface area contributed by atoms with Gasteiger partial charge in [-0.15, -0.1) is 0 Å². The van der Waals surface area contributed by atoms with Crippen molar-refractivity contribution in [2.75, 3.05) is 30.4 Å². The Hall–Kier alpha value is -2.78. The number of nitrogens with two attached hydrogens (primary N) is 1. The lowest BCUT2D eigenvalue weighted by Crippen LogP contribution is -2.32. The molecule has 3 N–H and O–H groups in total. The molecule has 2 heterocycles. The average molecular weight is 277 g/mol. The summed E-state index contributed by atoms with van der Waals surface area (Å²) in [4.78, 5) is 29.0. The molecule has 0 saturated carbocycles. The third kappa shape index (κ3) is 3.16. The molecule has 1 amide bonds. The predicted molar refractivity (Wildman–Crippen MR) is 71.4 cm³/mol. The van der Waals surface area contributed by atoms with Crippen molar-refractivity contribution in [1.82, 2.24) is 29.7 Å². The molecule has 0 radical (unpaired) electrons. The number of hydrogen-bond acceptors (Lipinski definition) is 8. The number of aromatic nitrogens is 6. The van der Waals surface area contributed by atoms with Crippen LogP contribution in [0.15, 0.2) is 12.7 Å². The van der Waals surface area contributed by atoms with Gasteiger partial charge in [0.05, 0.1) is 6.54 Å². The van der Waals surface area contributed by atoms with Gasteiger partial charge in [0.1, 0.15) is 12.7 Å². The van der Waals surface area contributed by atoms with Crippen molar-refractivity contribution in [1.29, 1.82) is 0 Å². The second-order valence-electron chi connectivity index (χ2n) is 3.95. The van der Waals surface area contributed by atoms with E-state index in [1.807, 2.05) is 6.92 Å². The van der Waals surface area contributed by atoms with E-state index in [0.717, 1.165) is 0 Å². The van der Waals surface area contributed by atoms with Crippen LogP contribution in [0, 0.1) is 0 Å². The Kier molecular flexibility index (Phi) is 4.03. The molecule has 0 spiro atoms. The lowest BCUT2D eigenvalue weighted by atomic mass is 10.5. The molecule has 0 aliphatic carbocycles. The first-order valence-electron chi connectivity index (χ1n) is 5.94. The molecular formula is C10H15N9O. The molecule has 0 saturated heterocycles. The van der Waals surface area contributed by atoms with Gasteiger partial charge in [-0.2, -0.15) is 24.7 Å². The molecule has 0 aliphatic rings. The predicted octanol–water partition coefficient (Wildman–Crippen LogP) is -1.19. The summed E-state index contributed by atoms with van der Waals surface area (Å²) in [5.41, 5.74) is 5.17. The summed E-state index contributed by atoms with van der Waals surface area (Å²) in [6, 6.07) is 0. The van der Waals surface area contributed by atoms with Crippen molar-refractivity contribution < 1.29 is 4.79 Å². The topological polar surface area (TPSA) is 128 Å². The van der Waals surface area contributed by atoms with Gasteiger partial charge < -0.3 is 16.0 Å². The molecule has 10 heteroatoms. The maximum absolute atomic E-state index is 11.0. The molecular weight excluding hydrogens is 262 g/mol. The van der Waals surface area contributed by atoms with Crippen LogP contribution in [0.2, 0.25) is 0 Å². The third-order valence-electron chi connectivity index (χ3n) is 2.30. The number of nitrogens with zero attached hydrogens (tertiary/aromatic N) is 7. The molecule has 0 fully saturated rings. The number of primary amides is 1. The van der Waals surface area contributed by atoms with Gasteiger partial charge in [0.25, 0.3) is 5.95 Å². The monoisotopic (exact) mass is 277 g/mol. The first kappa shape index (κ1) is 13.6. The second kappa shape index (κ2) is 5.91. The Labute approximate surface area is 115 Å². The van der Waals surface area contributed by atoms with Crippen LogP contribution in [0.25, 0.3) is 5.95 Å². The van der Waals surface area contributed by atoms with E-state index in [1.165, 1.54) is 22.2 Å². The Bertz CT molecular complexity index is 582. The first-order valence-corrected chi connectivity index (χ1v) is 5.94. The molecule has 0 unspecified atom stereocenters. The number of rotatable bonds is 6. The number of nitrogens with one attached hydrogen (secondary N) is 1. The van der Waals surface area contributed by atoms with Crippen LogP contribution in [0.3, 0.4) is 0 Å². The summed E-state index contributed by atoms with van der Waals surface area (Å²) in [5.74, 6) is 0.541. The second-order valence-corrected chi connectivity index (χ2v) is 3.95. The Morgan fingerprint density at radius 3 is 2.85 bits per heavy atom. The van der Waals surface area contributed by atoms with Crippen LogP contribution in [0.1, 0.15) is 6.92 Å². The van der Waals surface area contributed by atoms with E-state index in [4.69, 9.17) is 5.73 Å². The molecule has 2 aromatic rings. The Morgan fingerprint density at radius 1 is 1.45 bits per heavy atom. The van der Waals surface area contributed by atoms with Gasteiger partial charge in [0, 0.05) is 13.6 Å². The number of likely N-dealkylation sites (N-methyl/N-ethyl adjacent to an activating group) is 1. The third-order valence-corrected chi connectivity index (χ3v) is 2.30. The van der Waals surface area contributed by atoms with Gasteiger partial charge in [0.2, 0.25) is 17.8 Å². The number of hydrogen-bond donors (Lipinski definition) is 2. The fraction of sp³-hybridized carbons (Fsp3) is 0.400. The molecule has 0 atom stereocenters. The maximum Gasteiger partial charge on any atom is 0.258 e. The summed E-state index contributed by atoms with van der Waals surface area (Å²) in [6.07, 6.45) is 2.85. The van der Waals surface area contributed by atoms with Gasteiger partial charge in [-0.1, -0.05) is 0 Å². The highest BCUT2D eigenvalue weighted by atomic mass is 16.1. The Morgan fingerprint density at radius 2 is 2.25 bits per heavy atom. The number of carbonyl (C=O) groups is 1. The van der Waals surface area contributed by atoms with Crippen molar-refractivity contribution in [3.8, 4) is 5.95 Å². The first-order chi connectivity index (χ1) is 9.60. The van der Waals surface area contributed by atoms with Gasteiger partial charge in [-0.25, -0.2) is 4.98 Å². The van der Waals surface area contributed by atoms with Crippen molar-refractivity contribution in [3.05, 3.63) is 12.7 Å². The molecule has 20 heavy (non-hydrogen) atoms. The van der Waals surface area contributed by atoms with Crippen molar-refractivity contribution in [2.45, 2.75) is 6.92 Å². The smallest absolute Gasteiger partial charge is 0.258 e. The lowest BCUT2D eigenvalue weighted by molar-refractivity contribution is -0.116. The fourth-order valence-corrected chi connectivity index (χ4v) is 1.48. The highest BCUT2D eigenvalue weighted by molar-refractivity contribution is 5.78. The zero-order chi connectivity index (χ0) is 14.5. The van der Waals surface area contributed by atoms with Gasteiger partial charge >= 0.3 is 0 Å². The zero-order valence-electron chi connectivity index (χ0n) is 11.2. The van der Waals surface area contributed by atoms with Crippen LogP contribution < -0.4 is 16.0 Å². The molecule has 10 nitrogen and oxygen atoms in total. The number of amides is 1. The molecule has 0 bridgehead atoms. The van der Waals surface area contributed by atoms with E-state index in [9.17, 15) is 4.79 Å². The summed E-state index contributed by atoms with van der Waals surface area (Å²) in [5, 5.41) is 6.96. The van der Waals surface area contributed by atoms with Gasteiger partial charge in [0.15, 0.2) is 0 Å². The van der Waals surface area contributed by atoms with E-state index in [1.54, 1.807) is 7.05 Å². The summed E-state index contributed by atoms with van der Waals surface area (Å²) < 4.78 is 1.41. The van der Waals surface area contributed by atoms with E-state index < -0.39 is 5.91 Å². The SMILES string of the molecule is CCNc1nc(N(C)CC(N)=O)nc(-n2cncn2)n1. The molecule has 106 valence electrons. The van der Waals surface area contributed by atoms with Crippen LogP contribution in [0.4, 0.5) is 11.9 Å². The van der Waals surface area contributed by atoms with E-state index in [-0.39, 0.29) is 6.54 Å². The molecule has 2 rings (SSSR count). The van der Waals surface area contributed by atoms with Gasteiger partial charge in [-0.05, 0) is 6.92 Å². The Balaban J connectivity index is 2.38. The minimum atomic E-state index is -0.472. The highest BCUT2D eigenvalue weighted by Gasteiger charge is 2.13. The summed E-state index contributed by atoms with van der Waals surface area (Å²) in [6.45, 7) is 2.58. The molecule has 0 aliphatic heterocycles. The number of carbonyl (C=O) groups excluding carboxylic acids is 1. The normalized spacial score (nSPS) is 10.3. The van der Waals surface area contributed by atoms with Crippen LogP contribution >= 0.6 is 0 Å². The van der Waals surface area contributed by atoms with E-state index in [2.05, 4.69) is 30.4 Å².